The molecule has 0 bridgehead atoms. The Bertz CT molecular complexity index is 810. The van der Waals surface area contributed by atoms with Gasteiger partial charge in [-0.2, -0.15) is 13.2 Å². The van der Waals surface area contributed by atoms with Crippen LogP contribution < -0.4 is 10.3 Å². The molecule has 1 heterocycles. The first-order valence-electron chi connectivity index (χ1n) is 5.81. The van der Waals surface area contributed by atoms with Crippen LogP contribution in [0, 0.1) is 0 Å². The predicted octanol–water partition coefficient (Wildman–Crippen LogP) is 2.16. The zero-order chi connectivity index (χ0) is 16.5. The summed E-state index contributed by atoms with van der Waals surface area (Å²) >= 11 is 2.73. The van der Waals surface area contributed by atoms with Crippen molar-refractivity contribution >= 4 is 31.7 Å². The van der Waals surface area contributed by atoms with Gasteiger partial charge in [0, 0.05) is 10.5 Å². The van der Waals surface area contributed by atoms with E-state index in [2.05, 4.69) is 20.9 Å². The monoisotopic (exact) mass is 396 g/mol. The smallest absolute Gasteiger partial charge is 0.287 e. The van der Waals surface area contributed by atoms with Crippen molar-refractivity contribution in [1.29, 1.82) is 0 Å². The molecule has 0 spiro atoms. The van der Waals surface area contributed by atoms with Crippen molar-refractivity contribution < 1.29 is 26.2 Å². The third-order valence-corrected chi connectivity index (χ3v) is 5.51. The molecular formula is C12H10BrF3N3O2S+. The van der Waals surface area contributed by atoms with E-state index >= 15 is 0 Å². The number of hydrogen-bond donors (Lipinski definition) is 1. The largest absolute Gasteiger partial charge is 0.417 e. The molecule has 0 saturated heterocycles. The van der Waals surface area contributed by atoms with Crippen LogP contribution in [-0.4, -0.2) is 13.4 Å². The predicted molar refractivity (Wildman–Crippen MR) is 75.2 cm³/mol. The van der Waals surface area contributed by atoms with Gasteiger partial charge in [0.15, 0.2) is 5.88 Å². The van der Waals surface area contributed by atoms with Crippen molar-refractivity contribution in [2.45, 2.75) is 16.9 Å². The summed E-state index contributed by atoms with van der Waals surface area (Å²) in [5, 5.41) is 0. The minimum absolute atomic E-state index is 0.0610. The van der Waals surface area contributed by atoms with Gasteiger partial charge in [0.1, 0.15) is 6.20 Å². The summed E-state index contributed by atoms with van der Waals surface area (Å²) in [7, 11) is -4.05. The minimum Gasteiger partial charge on any atom is -0.287 e. The van der Waals surface area contributed by atoms with Crippen molar-refractivity contribution in [2.75, 3.05) is 5.73 Å². The number of hydrogen-bond acceptors (Lipinski definition) is 4. The van der Waals surface area contributed by atoms with Crippen molar-refractivity contribution in [3.63, 3.8) is 0 Å². The topological polar surface area (TPSA) is 76.9 Å². The number of benzene rings is 1. The molecule has 0 amide bonds. The van der Waals surface area contributed by atoms with E-state index in [9.17, 15) is 21.6 Å². The molecule has 0 aliphatic carbocycles. The van der Waals surface area contributed by atoms with Gasteiger partial charge in [-0.15, -0.1) is 0 Å². The maximum Gasteiger partial charge on any atom is 0.417 e. The molecule has 22 heavy (non-hydrogen) atoms. The summed E-state index contributed by atoms with van der Waals surface area (Å²) in [6, 6.07) is 4.40. The summed E-state index contributed by atoms with van der Waals surface area (Å²) in [4.78, 5) is 3.26. The summed E-state index contributed by atoms with van der Waals surface area (Å²) in [5.74, 6) is -0.679. The number of nitrogen functional groups attached to an aromatic ring is 1. The van der Waals surface area contributed by atoms with Crippen LogP contribution >= 0.6 is 15.9 Å². The molecule has 2 aromatic rings. The highest BCUT2D eigenvalue weighted by Gasteiger charge is 2.35. The SMILES string of the molecule is Nc1nccc[n+]1CS(=O)(=O)c1cccc(C(F)(F)F)c1Br. The number of nitrogens with zero attached hydrogens (tertiary/aromatic N) is 2. The van der Waals surface area contributed by atoms with E-state index in [-0.39, 0.29) is 5.95 Å². The van der Waals surface area contributed by atoms with E-state index < -0.39 is 36.8 Å². The molecule has 0 fully saturated rings. The number of anilines is 1. The second-order valence-electron chi connectivity index (χ2n) is 4.31. The zero-order valence-corrected chi connectivity index (χ0v) is 13.3. The second kappa shape index (κ2) is 5.84. The van der Waals surface area contributed by atoms with Crippen LogP contribution in [0.1, 0.15) is 5.56 Å². The van der Waals surface area contributed by atoms with E-state index in [4.69, 9.17) is 5.73 Å². The number of rotatable bonds is 3. The Labute approximate surface area is 132 Å². The van der Waals surface area contributed by atoms with Gasteiger partial charge in [-0.05, 0) is 28.1 Å². The van der Waals surface area contributed by atoms with Gasteiger partial charge < -0.3 is 0 Å². The number of halogens is 4. The Morgan fingerprint density at radius 3 is 2.55 bits per heavy atom. The van der Waals surface area contributed by atoms with Crippen LogP contribution in [0.15, 0.2) is 46.0 Å². The van der Waals surface area contributed by atoms with E-state index in [1.807, 2.05) is 0 Å². The summed E-state index contributed by atoms with van der Waals surface area (Å²) in [5.41, 5.74) is 4.48. The quantitative estimate of drug-likeness (QED) is 0.806. The molecule has 2 N–H and O–H groups in total. The van der Waals surface area contributed by atoms with Crippen molar-refractivity contribution in [2.24, 2.45) is 0 Å². The summed E-state index contributed by atoms with van der Waals surface area (Å²) in [6.45, 7) is 0. The fourth-order valence-corrected chi connectivity index (χ4v) is 4.37. The molecule has 10 heteroatoms. The molecule has 0 atom stereocenters. The number of aromatic nitrogens is 2. The highest BCUT2D eigenvalue weighted by Crippen LogP contribution is 2.38. The average Bonchev–Trinajstić information content (AvgIpc) is 2.40. The normalized spacial score (nSPS) is 12.4. The van der Waals surface area contributed by atoms with Crippen LogP contribution in [-0.2, 0) is 21.9 Å². The fraction of sp³-hybridized carbons (Fsp3) is 0.167. The molecular weight excluding hydrogens is 387 g/mol. The lowest BCUT2D eigenvalue weighted by molar-refractivity contribution is -0.665. The highest BCUT2D eigenvalue weighted by atomic mass is 79.9. The summed E-state index contributed by atoms with van der Waals surface area (Å²) < 4.78 is 63.9. The van der Waals surface area contributed by atoms with Gasteiger partial charge in [0.05, 0.1) is 16.7 Å². The van der Waals surface area contributed by atoms with Crippen molar-refractivity contribution in [1.82, 2.24) is 4.98 Å². The maximum atomic E-state index is 12.8. The van der Waals surface area contributed by atoms with Gasteiger partial charge in [-0.25, -0.2) is 13.0 Å². The van der Waals surface area contributed by atoms with Crippen LogP contribution in [0.2, 0.25) is 0 Å². The number of sulfone groups is 1. The Morgan fingerprint density at radius 2 is 1.95 bits per heavy atom. The molecule has 0 saturated carbocycles. The summed E-state index contributed by atoms with van der Waals surface area (Å²) in [6.07, 6.45) is -1.91. The number of alkyl halides is 3. The Balaban J connectivity index is 2.49. The third-order valence-electron chi connectivity index (χ3n) is 2.77. The number of nitrogens with two attached hydrogens (primary N) is 1. The van der Waals surface area contributed by atoms with Crippen LogP contribution in [0.5, 0.6) is 0 Å². The standard InChI is InChI=1S/C12H9BrF3N3O2S/c13-10-8(12(14,15)16)3-1-4-9(10)22(20,21)7-19-6-2-5-18-11(19)17/h1-6,17H,7H2/p+1. The molecule has 1 aromatic heterocycles. The Kier molecular flexibility index (Phi) is 4.43. The van der Waals surface area contributed by atoms with Crippen LogP contribution in [0.25, 0.3) is 0 Å². The van der Waals surface area contributed by atoms with Crippen molar-refractivity contribution in [3.05, 3.63) is 46.7 Å². The molecule has 5 nitrogen and oxygen atoms in total. The van der Waals surface area contributed by atoms with Gasteiger partial charge in [0.2, 0.25) is 9.84 Å². The molecule has 118 valence electrons. The third kappa shape index (κ3) is 3.38. The fourth-order valence-electron chi connectivity index (χ4n) is 1.74. The second-order valence-corrected chi connectivity index (χ2v) is 7.03. The van der Waals surface area contributed by atoms with E-state index in [0.29, 0.717) is 0 Å². The molecule has 0 unspecified atom stereocenters. The molecule has 0 radical (unpaired) electrons. The van der Waals surface area contributed by atoms with Crippen LogP contribution in [0.4, 0.5) is 19.1 Å². The molecule has 1 aromatic carbocycles. The van der Waals surface area contributed by atoms with E-state index in [0.717, 1.165) is 22.8 Å². The average molecular weight is 397 g/mol. The lowest BCUT2D eigenvalue weighted by Crippen LogP contribution is -2.41. The Morgan fingerprint density at radius 1 is 1.27 bits per heavy atom. The van der Waals surface area contributed by atoms with Gasteiger partial charge >= 0.3 is 12.1 Å². The first-order valence-corrected chi connectivity index (χ1v) is 8.26. The molecule has 0 aliphatic heterocycles. The van der Waals surface area contributed by atoms with E-state index in [1.165, 1.54) is 18.5 Å². The minimum atomic E-state index is -4.66. The van der Waals surface area contributed by atoms with E-state index in [1.54, 1.807) is 0 Å². The van der Waals surface area contributed by atoms with Gasteiger partial charge in [-0.1, -0.05) is 11.1 Å². The highest BCUT2D eigenvalue weighted by molar-refractivity contribution is 9.10. The maximum absolute atomic E-state index is 12.8. The lowest BCUT2D eigenvalue weighted by atomic mass is 10.2. The van der Waals surface area contributed by atoms with Gasteiger partial charge in [0.25, 0.3) is 0 Å². The lowest BCUT2D eigenvalue weighted by Gasteiger charge is -2.13. The first-order chi connectivity index (χ1) is 10.1. The van der Waals surface area contributed by atoms with Gasteiger partial charge in [-0.3, -0.25) is 5.73 Å². The van der Waals surface area contributed by atoms with Crippen LogP contribution in [0.3, 0.4) is 0 Å². The molecule has 0 aliphatic rings. The van der Waals surface area contributed by atoms with Crippen molar-refractivity contribution in [3.8, 4) is 0 Å². The first kappa shape index (κ1) is 16.7. The zero-order valence-electron chi connectivity index (χ0n) is 10.9. The Hall–Kier alpha value is -1.68. The molecule has 2 rings (SSSR count).